The first-order valence-corrected chi connectivity index (χ1v) is 14.6. The summed E-state index contributed by atoms with van der Waals surface area (Å²) in [6.45, 7) is 6.05. The number of nitrogens with zero attached hydrogens (tertiary/aromatic N) is 1. The number of hydrogen-bond acceptors (Lipinski definition) is 8. The van der Waals surface area contributed by atoms with Crippen molar-refractivity contribution in [3.05, 3.63) is 87.3 Å². The number of hydrogen-bond donors (Lipinski definition) is 0. The molecule has 0 atom stereocenters. The molecule has 0 N–H and O–H groups in total. The van der Waals surface area contributed by atoms with Gasteiger partial charge in [-0.1, -0.05) is 41.9 Å². The fourth-order valence-electron chi connectivity index (χ4n) is 3.71. The summed E-state index contributed by atoms with van der Waals surface area (Å²) in [6.07, 6.45) is 1.50. The molecule has 2 amide bonds. The van der Waals surface area contributed by atoms with Gasteiger partial charge in [-0.05, 0) is 85.6 Å². The maximum absolute atomic E-state index is 13.0. The van der Waals surface area contributed by atoms with Crippen molar-refractivity contribution in [1.82, 2.24) is 4.90 Å². The number of thioether (sulfide) groups is 1. The van der Waals surface area contributed by atoms with Crippen molar-refractivity contribution < 1.29 is 31.7 Å². The van der Waals surface area contributed by atoms with Gasteiger partial charge in [0.2, 0.25) is 5.75 Å². The number of carbonyl (C=O) groups is 2. The first kappa shape index (κ1) is 28.5. The Labute approximate surface area is 236 Å². The second kappa shape index (κ2) is 12.1. The lowest BCUT2D eigenvalue weighted by atomic mass is 10.1. The molecule has 1 heterocycles. The summed E-state index contributed by atoms with van der Waals surface area (Å²) >= 11 is 7.21. The van der Waals surface area contributed by atoms with E-state index < -0.39 is 21.3 Å². The van der Waals surface area contributed by atoms with Crippen molar-refractivity contribution in [3.63, 3.8) is 0 Å². The first-order valence-electron chi connectivity index (χ1n) is 12.0. The van der Waals surface area contributed by atoms with E-state index in [1.165, 1.54) is 30.3 Å². The summed E-state index contributed by atoms with van der Waals surface area (Å²) in [5.41, 5.74) is 2.44. The number of rotatable bonds is 10. The molecule has 11 heteroatoms. The normalized spacial score (nSPS) is 14.7. The summed E-state index contributed by atoms with van der Waals surface area (Å²) in [4.78, 5) is 26.8. The van der Waals surface area contributed by atoms with Crippen LogP contribution in [0, 0.1) is 13.8 Å². The van der Waals surface area contributed by atoms with Gasteiger partial charge in [0.05, 0.1) is 23.1 Å². The molecule has 4 rings (SSSR count). The maximum atomic E-state index is 13.0. The lowest BCUT2D eigenvalue weighted by Crippen LogP contribution is -2.32. The first-order chi connectivity index (χ1) is 18.6. The third-order valence-corrected chi connectivity index (χ3v) is 8.07. The van der Waals surface area contributed by atoms with E-state index in [1.807, 2.05) is 32.0 Å². The molecule has 0 aromatic heterocycles. The summed E-state index contributed by atoms with van der Waals surface area (Å²) in [5, 5.41) is -0.450. The van der Waals surface area contributed by atoms with Crippen LogP contribution in [-0.4, -0.2) is 44.2 Å². The lowest BCUT2D eigenvalue weighted by Gasteiger charge is -2.15. The smallest absolute Gasteiger partial charge is 0.339 e. The largest absolute Gasteiger partial charge is 0.491 e. The number of aryl methyl sites for hydroxylation is 2. The van der Waals surface area contributed by atoms with E-state index in [1.54, 1.807) is 25.1 Å². The van der Waals surface area contributed by atoms with E-state index in [0.29, 0.717) is 11.3 Å². The number of halogens is 1. The van der Waals surface area contributed by atoms with Crippen molar-refractivity contribution in [2.45, 2.75) is 25.7 Å². The van der Waals surface area contributed by atoms with E-state index in [-0.39, 0.29) is 46.1 Å². The molecule has 8 nitrogen and oxygen atoms in total. The zero-order chi connectivity index (χ0) is 28.2. The molecule has 1 aliphatic rings. The average molecular weight is 588 g/mol. The predicted octanol–water partition coefficient (Wildman–Crippen LogP) is 6.24. The third kappa shape index (κ3) is 6.76. The van der Waals surface area contributed by atoms with E-state index in [4.69, 9.17) is 25.3 Å². The van der Waals surface area contributed by atoms with Crippen molar-refractivity contribution >= 4 is 50.7 Å². The molecule has 204 valence electrons. The Hall–Kier alpha value is -3.47. The van der Waals surface area contributed by atoms with Gasteiger partial charge in [0.25, 0.3) is 11.1 Å². The Kier molecular flexibility index (Phi) is 8.89. The lowest BCUT2D eigenvalue weighted by molar-refractivity contribution is -0.123. The van der Waals surface area contributed by atoms with Crippen LogP contribution in [0.5, 0.6) is 17.2 Å². The molecule has 1 fully saturated rings. The Bertz CT molecular complexity index is 1540. The molecule has 1 aliphatic heterocycles. The molecule has 1 saturated heterocycles. The molecule has 3 aromatic carbocycles. The molecule has 3 aromatic rings. The van der Waals surface area contributed by atoms with Crippen molar-refractivity contribution in [2.24, 2.45) is 0 Å². The SMILES string of the molecule is CCOc1cc(/C=C2\SC(=O)N(CCOc3cc(C)ccc3C)C2=O)cc(Cl)c1OS(=O)(=O)c1ccccc1. The van der Waals surface area contributed by atoms with Crippen LogP contribution in [0.3, 0.4) is 0 Å². The van der Waals surface area contributed by atoms with Crippen molar-refractivity contribution in [1.29, 1.82) is 0 Å². The number of carbonyl (C=O) groups excluding carboxylic acids is 2. The van der Waals surface area contributed by atoms with Crippen molar-refractivity contribution in [3.8, 4) is 17.2 Å². The molecule has 0 bridgehead atoms. The van der Waals surface area contributed by atoms with Gasteiger partial charge in [0.15, 0.2) is 5.75 Å². The maximum Gasteiger partial charge on any atom is 0.339 e. The highest BCUT2D eigenvalue weighted by atomic mass is 35.5. The molecular weight excluding hydrogens is 562 g/mol. The highest BCUT2D eigenvalue weighted by Crippen LogP contribution is 2.40. The van der Waals surface area contributed by atoms with Crippen LogP contribution in [0.25, 0.3) is 6.08 Å². The Balaban J connectivity index is 1.52. The van der Waals surface area contributed by atoms with Crippen LogP contribution in [0.2, 0.25) is 5.02 Å². The standard InChI is InChI=1S/C28H26ClNO7S2/c1-4-35-24-16-20(15-22(29)26(24)37-39(33,34)21-8-6-5-7-9-21)17-25-27(31)30(28(32)38-25)12-13-36-23-14-18(2)10-11-19(23)3/h5-11,14-17H,4,12-13H2,1-3H3/b25-17-. The number of amides is 2. The molecule has 0 saturated carbocycles. The van der Waals surface area contributed by atoms with Gasteiger partial charge >= 0.3 is 10.1 Å². The van der Waals surface area contributed by atoms with Gasteiger partial charge in [-0.2, -0.15) is 8.42 Å². The fraction of sp³-hybridized carbons (Fsp3) is 0.214. The van der Waals surface area contributed by atoms with Gasteiger partial charge in [0.1, 0.15) is 17.3 Å². The van der Waals surface area contributed by atoms with Crippen LogP contribution in [-0.2, 0) is 14.9 Å². The van der Waals surface area contributed by atoms with Crippen LogP contribution in [0.15, 0.2) is 70.5 Å². The quantitative estimate of drug-likeness (QED) is 0.203. The third-order valence-electron chi connectivity index (χ3n) is 5.64. The summed E-state index contributed by atoms with van der Waals surface area (Å²) < 4.78 is 42.2. The molecule has 0 aliphatic carbocycles. The Morgan fingerprint density at radius 1 is 0.974 bits per heavy atom. The summed E-state index contributed by atoms with van der Waals surface area (Å²) in [5.74, 6) is 0.149. The van der Waals surface area contributed by atoms with E-state index in [2.05, 4.69) is 0 Å². The van der Waals surface area contributed by atoms with Gasteiger partial charge in [-0.3, -0.25) is 14.5 Å². The molecular formula is C28H26ClNO7S2. The predicted molar refractivity (Wildman–Crippen MR) is 151 cm³/mol. The number of benzene rings is 3. The topological polar surface area (TPSA) is 99.2 Å². The van der Waals surface area contributed by atoms with Crippen LogP contribution in [0.1, 0.15) is 23.6 Å². The second-order valence-electron chi connectivity index (χ2n) is 8.56. The van der Waals surface area contributed by atoms with Crippen LogP contribution in [0.4, 0.5) is 4.79 Å². The monoisotopic (exact) mass is 587 g/mol. The average Bonchev–Trinajstić information content (AvgIpc) is 3.16. The molecule has 0 spiro atoms. The van der Waals surface area contributed by atoms with Gasteiger partial charge in [0, 0.05) is 0 Å². The zero-order valence-corrected chi connectivity index (χ0v) is 23.9. The Morgan fingerprint density at radius 2 is 1.72 bits per heavy atom. The number of imide groups is 1. The summed E-state index contributed by atoms with van der Waals surface area (Å²) in [6, 6.07) is 16.4. The molecule has 0 unspecified atom stereocenters. The van der Waals surface area contributed by atoms with Crippen LogP contribution >= 0.6 is 23.4 Å². The van der Waals surface area contributed by atoms with Crippen molar-refractivity contribution in [2.75, 3.05) is 19.8 Å². The molecule has 39 heavy (non-hydrogen) atoms. The zero-order valence-electron chi connectivity index (χ0n) is 21.5. The molecule has 0 radical (unpaired) electrons. The highest BCUT2D eigenvalue weighted by Gasteiger charge is 2.35. The minimum absolute atomic E-state index is 0.0344. The second-order valence-corrected chi connectivity index (χ2v) is 11.5. The van der Waals surface area contributed by atoms with Gasteiger partial charge in [-0.25, -0.2) is 0 Å². The fourth-order valence-corrected chi connectivity index (χ4v) is 5.86. The number of ether oxygens (including phenoxy) is 2. The Morgan fingerprint density at radius 3 is 2.44 bits per heavy atom. The minimum atomic E-state index is -4.17. The van der Waals surface area contributed by atoms with Gasteiger partial charge in [-0.15, -0.1) is 0 Å². The van der Waals surface area contributed by atoms with Crippen LogP contribution < -0.4 is 13.7 Å². The van der Waals surface area contributed by atoms with E-state index >= 15 is 0 Å². The van der Waals surface area contributed by atoms with E-state index in [0.717, 1.165) is 27.8 Å². The summed E-state index contributed by atoms with van der Waals surface area (Å²) in [7, 11) is -4.17. The van der Waals surface area contributed by atoms with E-state index in [9.17, 15) is 18.0 Å². The van der Waals surface area contributed by atoms with Gasteiger partial charge < -0.3 is 13.7 Å². The minimum Gasteiger partial charge on any atom is -0.491 e. The highest BCUT2D eigenvalue weighted by molar-refractivity contribution is 8.18.